The first-order valence-electron chi connectivity index (χ1n) is 18.7. The number of aliphatic imine (C=N–C) groups is 1. The Kier molecular flexibility index (Phi) is 22.0. The van der Waals surface area contributed by atoms with E-state index >= 15 is 0 Å². The lowest BCUT2D eigenvalue weighted by molar-refractivity contribution is -0.143. The number of carbonyl (C=O) groups is 8. The van der Waals surface area contributed by atoms with Gasteiger partial charge in [0.05, 0.1) is 25.1 Å². The first kappa shape index (κ1) is 51.1. The molecule has 0 aliphatic rings. The van der Waals surface area contributed by atoms with Gasteiger partial charge in [-0.25, -0.2) is 9.78 Å². The summed E-state index contributed by atoms with van der Waals surface area (Å²) in [5.74, 6) is -8.75. The Morgan fingerprint density at radius 3 is 1.73 bits per heavy atom. The van der Waals surface area contributed by atoms with Gasteiger partial charge in [-0.2, -0.15) is 0 Å². The third kappa shape index (κ3) is 18.9. The van der Waals surface area contributed by atoms with Gasteiger partial charge in [-0.15, -0.1) is 0 Å². The number of nitrogens with one attached hydrogen (secondary N) is 7. The van der Waals surface area contributed by atoms with Crippen LogP contribution in [0.2, 0.25) is 0 Å². The van der Waals surface area contributed by atoms with Crippen molar-refractivity contribution in [2.24, 2.45) is 33.8 Å². The topological polar surface area (TPSA) is 435 Å². The summed E-state index contributed by atoms with van der Waals surface area (Å²) in [7, 11) is 0. The summed E-state index contributed by atoms with van der Waals surface area (Å²) in [5, 5.41) is 54.0. The molecular weight excluding hydrogens is 782 g/mol. The lowest BCUT2D eigenvalue weighted by Gasteiger charge is -2.29. The molecule has 25 heteroatoms. The molecule has 1 aromatic rings. The minimum atomic E-state index is -1.86. The Morgan fingerprint density at radius 2 is 1.24 bits per heavy atom. The summed E-state index contributed by atoms with van der Waals surface area (Å²) in [4.78, 5) is 114. The van der Waals surface area contributed by atoms with Gasteiger partial charge < -0.3 is 80.2 Å². The Hall–Kier alpha value is -5.92. The molecule has 0 spiro atoms. The smallest absolute Gasteiger partial charge is 0.326 e. The van der Waals surface area contributed by atoms with E-state index in [1.165, 1.54) is 12.5 Å². The summed E-state index contributed by atoms with van der Waals surface area (Å²) >= 11 is 0. The number of carbonyl (C=O) groups excluding carboxylic acids is 7. The molecule has 0 bridgehead atoms. The zero-order chi connectivity index (χ0) is 45.0. The highest BCUT2D eigenvalue weighted by molar-refractivity contribution is 5.97. The van der Waals surface area contributed by atoms with Crippen LogP contribution in [0, 0.1) is 5.92 Å². The standard InChI is InChI=1S/C34H59N13O12/c1-15(2)10-22(44-27(52)19(35)13-48)29(54)45-23(11-18-12-39-14-41-18)30(55)46-26(17(4)50)32(57)47-25(16(3)49)31(56)42-20(7-8-24(36)51)28(53)43-21(33(58)59)6-5-9-40-34(37)38/h12,14-17,19-23,25-26,48-50H,5-11,13,35H2,1-4H3,(H2,36,51)(H,39,41)(H,42,56)(H,43,53)(H,44,52)(H,45,54)(H,46,55)(H,47,57)(H,58,59)(H4,37,38,40)/t16-,17-,19+,20+,21+,22+,23+,25+,26+/m1/s1. The van der Waals surface area contributed by atoms with E-state index in [9.17, 15) is 58.8 Å². The van der Waals surface area contributed by atoms with E-state index in [2.05, 4.69) is 46.9 Å². The van der Waals surface area contributed by atoms with E-state index in [0.717, 1.165) is 13.8 Å². The maximum Gasteiger partial charge on any atom is 0.326 e. The molecule has 0 aliphatic heterocycles. The third-order valence-corrected chi connectivity index (χ3v) is 8.48. The number of hydrogen-bond acceptors (Lipinski definition) is 14. The number of carboxylic acids is 1. The maximum absolute atomic E-state index is 13.7. The summed E-state index contributed by atoms with van der Waals surface area (Å²) in [6, 6.07) is -10.8. The van der Waals surface area contributed by atoms with Gasteiger partial charge in [0.1, 0.15) is 42.3 Å². The monoisotopic (exact) mass is 841 g/mol. The second-order valence-corrected chi connectivity index (χ2v) is 14.2. The number of aliphatic hydroxyl groups is 3. The number of carboxylic acid groups (broad SMARTS) is 1. The Labute approximate surface area is 339 Å². The summed E-state index contributed by atoms with van der Waals surface area (Å²) in [6.07, 6.45) is -1.64. The maximum atomic E-state index is 13.7. The average molecular weight is 842 g/mol. The van der Waals surface area contributed by atoms with Crippen LogP contribution in [0.4, 0.5) is 0 Å². The number of hydrogen-bond donors (Lipinski definition) is 15. The first-order valence-corrected chi connectivity index (χ1v) is 18.7. The molecule has 7 amide bonds. The Balaban J connectivity index is 3.30. The Bertz CT molecular complexity index is 1600. The summed E-state index contributed by atoms with van der Waals surface area (Å²) in [5.41, 5.74) is 21.7. The fraction of sp³-hybridized carbons (Fsp3) is 0.647. The molecule has 1 heterocycles. The minimum Gasteiger partial charge on any atom is -0.480 e. The molecule has 19 N–H and O–H groups in total. The molecule has 0 aromatic carbocycles. The molecule has 25 nitrogen and oxygen atoms in total. The second-order valence-electron chi connectivity index (χ2n) is 14.2. The highest BCUT2D eigenvalue weighted by Gasteiger charge is 2.37. The quantitative estimate of drug-likeness (QED) is 0.0222. The predicted octanol–water partition coefficient (Wildman–Crippen LogP) is -6.61. The van der Waals surface area contributed by atoms with Gasteiger partial charge in [0.2, 0.25) is 41.4 Å². The zero-order valence-corrected chi connectivity index (χ0v) is 33.3. The number of guanidine groups is 1. The number of aliphatic carboxylic acids is 1. The molecule has 332 valence electrons. The van der Waals surface area contributed by atoms with Crippen molar-refractivity contribution in [3.05, 3.63) is 18.2 Å². The van der Waals surface area contributed by atoms with Crippen molar-refractivity contribution in [3.63, 3.8) is 0 Å². The first-order chi connectivity index (χ1) is 27.6. The average Bonchev–Trinajstić information content (AvgIpc) is 3.66. The van der Waals surface area contributed by atoms with Crippen LogP contribution in [0.5, 0.6) is 0 Å². The number of aromatic nitrogens is 2. The van der Waals surface area contributed by atoms with Gasteiger partial charge in [-0.05, 0) is 45.4 Å². The lowest BCUT2D eigenvalue weighted by Crippen LogP contribution is -2.63. The van der Waals surface area contributed by atoms with Gasteiger partial charge >= 0.3 is 5.97 Å². The molecule has 0 fully saturated rings. The number of aliphatic hydroxyl groups excluding tert-OH is 3. The fourth-order valence-corrected chi connectivity index (χ4v) is 5.32. The van der Waals surface area contributed by atoms with E-state index < -0.39 is 121 Å². The predicted molar refractivity (Wildman–Crippen MR) is 208 cm³/mol. The molecule has 0 unspecified atom stereocenters. The van der Waals surface area contributed by atoms with Crippen molar-refractivity contribution >= 4 is 53.3 Å². The van der Waals surface area contributed by atoms with Crippen LogP contribution < -0.4 is 54.8 Å². The summed E-state index contributed by atoms with van der Waals surface area (Å²) < 4.78 is 0. The van der Waals surface area contributed by atoms with Crippen LogP contribution in [0.3, 0.4) is 0 Å². The van der Waals surface area contributed by atoms with E-state index in [1.54, 1.807) is 13.8 Å². The van der Waals surface area contributed by atoms with Crippen LogP contribution in [0.1, 0.15) is 65.5 Å². The van der Waals surface area contributed by atoms with Crippen LogP contribution in [-0.4, -0.2) is 151 Å². The number of nitrogens with two attached hydrogens (primary N) is 4. The normalized spacial score (nSPS) is 15.7. The number of imidazole rings is 1. The van der Waals surface area contributed by atoms with Crippen molar-refractivity contribution in [3.8, 4) is 0 Å². The van der Waals surface area contributed by atoms with Crippen molar-refractivity contribution in [1.82, 2.24) is 41.9 Å². The minimum absolute atomic E-state index is 0.0488. The summed E-state index contributed by atoms with van der Waals surface area (Å²) in [6.45, 7) is 5.12. The van der Waals surface area contributed by atoms with E-state index in [-0.39, 0.29) is 44.1 Å². The molecular formula is C34H59N13O12. The molecule has 1 rings (SSSR count). The van der Waals surface area contributed by atoms with Gasteiger partial charge in [-0.3, -0.25) is 38.6 Å². The van der Waals surface area contributed by atoms with E-state index in [1.807, 2.05) is 0 Å². The fourth-order valence-electron chi connectivity index (χ4n) is 5.32. The van der Waals surface area contributed by atoms with Crippen LogP contribution in [0.25, 0.3) is 0 Å². The van der Waals surface area contributed by atoms with Gasteiger partial charge in [0.15, 0.2) is 5.96 Å². The zero-order valence-electron chi connectivity index (χ0n) is 33.3. The number of amides is 7. The number of H-pyrrole nitrogens is 1. The highest BCUT2D eigenvalue weighted by atomic mass is 16.4. The third-order valence-electron chi connectivity index (χ3n) is 8.48. The molecule has 1 aromatic heterocycles. The molecule has 0 aliphatic carbocycles. The van der Waals surface area contributed by atoms with Crippen molar-refractivity contribution in [2.45, 2.75) is 121 Å². The van der Waals surface area contributed by atoms with Gasteiger partial charge in [0.25, 0.3) is 0 Å². The molecule has 0 radical (unpaired) electrons. The van der Waals surface area contributed by atoms with E-state index in [4.69, 9.17) is 22.9 Å². The highest BCUT2D eigenvalue weighted by Crippen LogP contribution is 2.09. The van der Waals surface area contributed by atoms with Crippen molar-refractivity contribution < 1.29 is 58.8 Å². The molecule has 59 heavy (non-hydrogen) atoms. The molecule has 0 saturated carbocycles. The molecule has 9 atom stereocenters. The second kappa shape index (κ2) is 25.4. The number of primary amides is 1. The van der Waals surface area contributed by atoms with Crippen LogP contribution in [-0.2, 0) is 44.8 Å². The Morgan fingerprint density at radius 1 is 0.729 bits per heavy atom. The van der Waals surface area contributed by atoms with Crippen molar-refractivity contribution in [1.29, 1.82) is 0 Å². The van der Waals surface area contributed by atoms with Crippen LogP contribution in [0.15, 0.2) is 17.5 Å². The number of aromatic amines is 1. The van der Waals surface area contributed by atoms with Crippen LogP contribution >= 0.6 is 0 Å². The molecule has 0 saturated heterocycles. The number of nitrogens with zero attached hydrogens (tertiary/aromatic N) is 2. The van der Waals surface area contributed by atoms with Gasteiger partial charge in [0, 0.05) is 31.3 Å². The number of rotatable bonds is 27. The van der Waals surface area contributed by atoms with Crippen molar-refractivity contribution in [2.75, 3.05) is 13.2 Å². The lowest BCUT2D eigenvalue weighted by atomic mass is 10.0. The van der Waals surface area contributed by atoms with Gasteiger partial charge in [-0.1, -0.05) is 13.8 Å². The largest absolute Gasteiger partial charge is 0.480 e. The van der Waals surface area contributed by atoms with E-state index in [0.29, 0.717) is 5.69 Å². The SMILES string of the molecule is CC(C)C[C@H](NC(=O)[C@@H](N)CO)C(=O)N[C@@H](Cc1cnc[nH]1)C(=O)N[C@H](C(=O)N[C@H](C(=O)N[C@@H](CCC(N)=O)C(=O)N[C@@H](CCCN=C(N)N)C(=O)O)[C@@H](C)O)[C@@H](C)O.